The SMILES string of the molecule is COC(=O)C=CCCC(NC(C)=O)C(=O)Nc1cccn(CC(=O)N2CCCC(C(F)(F)F)C2)c1=O. The summed E-state index contributed by atoms with van der Waals surface area (Å²) in [5.41, 5.74) is -0.890. The zero-order valence-electron chi connectivity index (χ0n) is 20.0. The van der Waals surface area contributed by atoms with Gasteiger partial charge in [-0.25, -0.2) is 4.79 Å². The summed E-state index contributed by atoms with van der Waals surface area (Å²) in [7, 11) is 1.21. The van der Waals surface area contributed by atoms with E-state index in [1.54, 1.807) is 0 Å². The number of hydrogen-bond acceptors (Lipinski definition) is 6. The monoisotopic (exact) mass is 514 g/mol. The maximum Gasteiger partial charge on any atom is 0.393 e. The second-order valence-electron chi connectivity index (χ2n) is 8.32. The van der Waals surface area contributed by atoms with Crippen molar-refractivity contribution in [3.8, 4) is 0 Å². The Kier molecular flexibility index (Phi) is 10.2. The Labute approximate surface area is 205 Å². The lowest BCUT2D eigenvalue weighted by atomic mass is 9.97. The van der Waals surface area contributed by atoms with Crippen molar-refractivity contribution in [1.29, 1.82) is 0 Å². The Morgan fingerprint density at radius 2 is 2.00 bits per heavy atom. The van der Waals surface area contributed by atoms with Gasteiger partial charge in [0, 0.05) is 32.3 Å². The number of nitrogens with one attached hydrogen (secondary N) is 2. The first-order chi connectivity index (χ1) is 16.9. The van der Waals surface area contributed by atoms with Crippen LogP contribution in [0.25, 0.3) is 0 Å². The van der Waals surface area contributed by atoms with Crippen LogP contribution in [0.5, 0.6) is 0 Å². The quantitative estimate of drug-likeness (QED) is 0.381. The molecule has 198 valence electrons. The van der Waals surface area contributed by atoms with Gasteiger partial charge < -0.3 is 24.8 Å². The summed E-state index contributed by atoms with van der Waals surface area (Å²) in [6.45, 7) is 0.436. The smallest absolute Gasteiger partial charge is 0.393 e. The molecule has 2 rings (SSSR count). The Bertz CT molecular complexity index is 1050. The third kappa shape index (κ3) is 8.54. The maximum absolute atomic E-state index is 13.1. The van der Waals surface area contributed by atoms with Gasteiger partial charge in [0.25, 0.3) is 5.56 Å². The molecule has 2 heterocycles. The Balaban J connectivity index is 2.08. The van der Waals surface area contributed by atoms with Crippen LogP contribution in [0.3, 0.4) is 0 Å². The number of aromatic nitrogens is 1. The summed E-state index contributed by atoms with van der Waals surface area (Å²) >= 11 is 0. The minimum Gasteiger partial charge on any atom is -0.466 e. The van der Waals surface area contributed by atoms with Crippen LogP contribution in [-0.4, -0.2) is 65.6 Å². The fourth-order valence-electron chi connectivity index (χ4n) is 3.72. The molecule has 0 saturated carbocycles. The van der Waals surface area contributed by atoms with Crippen LogP contribution in [0, 0.1) is 5.92 Å². The lowest BCUT2D eigenvalue weighted by Gasteiger charge is -2.33. The van der Waals surface area contributed by atoms with Gasteiger partial charge in [-0.3, -0.25) is 19.2 Å². The van der Waals surface area contributed by atoms with Gasteiger partial charge >= 0.3 is 12.1 Å². The number of nitrogens with zero attached hydrogens (tertiary/aromatic N) is 2. The molecule has 2 atom stereocenters. The molecule has 3 amide bonds. The van der Waals surface area contributed by atoms with Gasteiger partial charge in [0.2, 0.25) is 17.7 Å². The second-order valence-corrected chi connectivity index (χ2v) is 8.32. The molecule has 0 radical (unpaired) electrons. The van der Waals surface area contributed by atoms with Gasteiger partial charge in [0.1, 0.15) is 18.3 Å². The topological polar surface area (TPSA) is 127 Å². The average Bonchev–Trinajstić information content (AvgIpc) is 2.82. The number of halogens is 3. The molecular weight excluding hydrogens is 485 g/mol. The van der Waals surface area contributed by atoms with Gasteiger partial charge in [-0.15, -0.1) is 0 Å². The number of piperidine rings is 1. The third-order valence-electron chi connectivity index (χ3n) is 5.59. The molecule has 13 heteroatoms. The third-order valence-corrected chi connectivity index (χ3v) is 5.59. The number of allylic oxidation sites excluding steroid dienone is 1. The fourth-order valence-corrected chi connectivity index (χ4v) is 3.72. The molecule has 1 aliphatic rings. The summed E-state index contributed by atoms with van der Waals surface area (Å²) in [6.07, 6.45) is 0.0593. The van der Waals surface area contributed by atoms with Gasteiger partial charge in [0.15, 0.2) is 0 Å². The van der Waals surface area contributed by atoms with Gasteiger partial charge in [0.05, 0.1) is 13.0 Å². The number of carbonyl (C=O) groups excluding carboxylic acids is 4. The van der Waals surface area contributed by atoms with E-state index in [4.69, 9.17) is 0 Å². The number of alkyl halides is 3. The molecule has 1 aliphatic heterocycles. The number of rotatable bonds is 9. The molecule has 0 bridgehead atoms. The highest BCUT2D eigenvalue weighted by Gasteiger charge is 2.42. The Hall–Kier alpha value is -3.64. The van der Waals surface area contributed by atoms with E-state index in [0.29, 0.717) is 0 Å². The van der Waals surface area contributed by atoms with Crippen LogP contribution in [0.1, 0.15) is 32.6 Å². The first-order valence-corrected chi connectivity index (χ1v) is 11.3. The number of ether oxygens (including phenoxy) is 1. The number of amides is 3. The highest BCUT2D eigenvalue weighted by Crippen LogP contribution is 2.33. The van der Waals surface area contributed by atoms with Crippen molar-refractivity contribution in [3.63, 3.8) is 0 Å². The fraction of sp³-hybridized carbons (Fsp3) is 0.522. The van der Waals surface area contributed by atoms with Crippen molar-refractivity contribution in [2.24, 2.45) is 5.92 Å². The number of carbonyl (C=O) groups is 4. The van der Waals surface area contributed by atoms with E-state index < -0.39 is 60.5 Å². The van der Waals surface area contributed by atoms with Crippen molar-refractivity contribution in [2.45, 2.75) is 51.4 Å². The molecule has 36 heavy (non-hydrogen) atoms. The van der Waals surface area contributed by atoms with Crippen molar-refractivity contribution in [2.75, 3.05) is 25.5 Å². The number of likely N-dealkylation sites (tertiary alicyclic amines) is 1. The van der Waals surface area contributed by atoms with Gasteiger partial charge in [-0.05, 0) is 37.8 Å². The zero-order valence-corrected chi connectivity index (χ0v) is 20.0. The van der Waals surface area contributed by atoms with E-state index in [2.05, 4.69) is 15.4 Å². The average molecular weight is 515 g/mol. The van der Waals surface area contributed by atoms with Crippen molar-refractivity contribution >= 4 is 29.4 Å². The van der Waals surface area contributed by atoms with E-state index >= 15 is 0 Å². The second kappa shape index (κ2) is 12.9. The predicted octanol–water partition coefficient (Wildman–Crippen LogP) is 1.60. The number of hydrogen-bond donors (Lipinski definition) is 2. The standard InChI is InChI=1S/C23H29F3N4O6/c1-15(31)27-17(8-3-4-10-20(33)36-2)21(34)28-18-9-6-12-30(22(18)35)14-19(32)29-11-5-7-16(13-29)23(24,25)26/h4,6,9-10,12,16-17H,3,5,7-8,11,13-14H2,1-2H3,(H,27,31)(H,28,34). The van der Waals surface area contributed by atoms with Crippen LogP contribution in [0.2, 0.25) is 0 Å². The molecule has 0 aromatic carbocycles. The first-order valence-electron chi connectivity index (χ1n) is 11.3. The molecule has 2 N–H and O–H groups in total. The van der Waals surface area contributed by atoms with Crippen LogP contribution < -0.4 is 16.2 Å². The van der Waals surface area contributed by atoms with Crippen molar-refractivity contribution in [1.82, 2.24) is 14.8 Å². The molecule has 0 aliphatic carbocycles. The molecular formula is C23H29F3N4O6. The number of esters is 1. The molecule has 1 aromatic rings. The minimum atomic E-state index is -4.40. The van der Waals surface area contributed by atoms with Crippen LogP contribution in [-0.2, 0) is 30.5 Å². The van der Waals surface area contributed by atoms with E-state index in [1.807, 2.05) is 0 Å². The lowest BCUT2D eigenvalue weighted by molar-refractivity contribution is -0.188. The molecule has 10 nitrogen and oxygen atoms in total. The van der Waals surface area contributed by atoms with E-state index in [0.717, 1.165) is 9.47 Å². The minimum absolute atomic E-state index is 0.0529. The molecule has 1 fully saturated rings. The largest absolute Gasteiger partial charge is 0.466 e. The molecule has 1 saturated heterocycles. The van der Waals surface area contributed by atoms with Gasteiger partial charge in [-0.2, -0.15) is 13.2 Å². The molecule has 1 aromatic heterocycles. The summed E-state index contributed by atoms with van der Waals surface area (Å²) in [5.74, 6) is -3.99. The van der Waals surface area contributed by atoms with Gasteiger partial charge in [-0.1, -0.05) is 6.08 Å². The molecule has 2 unspecified atom stereocenters. The summed E-state index contributed by atoms with van der Waals surface area (Å²) in [6, 6.07) is 1.70. The number of anilines is 1. The molecule has 0 spiro atoms. The first kappa shape index (κ1) is 28.6. The maximum atomic E-state index is 13.1. The van der Waals surface area contributed by atoms with Crippen molar-refractivity contribution < 1.29 is 37.1 Å². The number of methoxy groups -OCH3 is 1. The number of pyridine rings is 1. The van der Waals surface area contributed by atoms with Crippen molar-refractivity contribution in [3.05, 3.63) is 40.8 Å². The summed E-state index contributed by atoms with van der Waals surface area (Å²) < 4.78 is 44.6. The van der Waals surface area contributed by atoms with E-state index in [9.17, 15) is 37.1 Å². The Morgan fingerprint density at radius 1 is 1.28 bits per heavy atom. The zero-order chi connectivity index (χ0) is 26.9. The predicted molar refractivity (Wildman–Crippen MR) is 123 cm³/mol. The van der Waals surface area contributed by atoms with E-state index in [1.165, 1.54) is 44.5 Å². The van der Waals surface area contributed by atoms with Crippen LogP contribution in [0.4, 0.5) is 18.9 Å². The van der Waals surface area contributed by atoms with E-state index in [-0.39, 0.29) is 37.9 Å². The highest BCUT2D eigenvalue weighted by molar-refractivity contribution is 5.96. The summed E-state index contributed by atoms with van der Waals surface area (Å²) in [4.78, 5) is 61.9. The highest BCUT2D eigenvalue weighted by atomic mass is 19.4. The Morgan fingerprint density at radius 3 is 2.64 bits per heavy atom. The summed E-state index contributed by atoms with van der Waals surface area (Å²) in [5, 5.41) is 4.89. The van der Waals surface area contributed by atoms with Crippen LogP contribution >= 0.6 is 0 Å². The van der Waals surface area contributed by atoms with Crippen LogP contribution in [0.15, 0.2) is 35.3 Å². The normalized spacial score (nSPS) is 16.9. The lowest BCUT2D eigenvalue weighted by Crippen LogP contribution is -2.46.